The molecule has 3 heteroatoms. The molecule has 1 aromatic carbocycles. The molecule has 1 saturated heterocycles. The monoisotopic (exact) mass is 223 g/mol. The zero-order chi connectivity index (χ0) is 11.4. The fourth-order valence-electron chi connectivity index (χ4n) is 2.36. The summed E-state index contributed by atoms with van der Waals surface area (Å²) in [5, 5.41) is 3.43. The predicted molar refractivity (Wildman–Crippen MR) is 61.7 cm³/mol. The van der Waals surface area contributed by atoms with Gasteiger partial charge in [-0.2, -0.15) is 0 Å². The van der Waals surface area contributed by atoms with Gasteiger partial charge in [0.05, 0.1) is 0 Å². The van der Waals surface area contributed by atoms with E-state index in [9.17, 15) is 4.39 Å². The zero-order valence-electron chi connectivity index (χ0n) is 9.58. The smallest absolute Gasteiger partial charge is 0.123 e. The number of halogens is 1. The molecule has 1 aromatic rings. The molecule has 2 atom stereocenters. The molecule has 2 rings (SSSR count). The summed E-state index contributed by atoms with van der Waals surface area (Å²) in [4.78, 5) is 0. The van der Waals surface area contributed by atoms with Crippen molar-refractivity contribution in [3.8, 4) is 0 Å². The molecule has 0 aromatic heterocycles. The lowest BCUT2D eigenvalue weighted by atomic mass is 9.89. The number of rotatable bonds is 3. The maximum atomic E-state index is 13.1. The van der Waals surface area contributed by atoms with Gasteiger partial charge in [0.1, 0.15) is 5.82 Å². The molecule has 2 unspecified atom stereocenters. The van der Waals surface area contributed by atoms with Gasteiger partial charge in [0.15, 0.2) is 0 Å². The topological polar surface area (TPSA) is 21.3 Å². The molecule has 0 radical (unpaired) electrons. The third kappa shape index (κ3) is 2.80. The standard InChI is InChI=1S/C13H18FNO/c1-16-9-10-5-6-15-13(7-10)11-3-2-4-12(14)8-11/h2-4,8,10,13,15H,5-7,9H2,1H3. The second kappa shape index (κ2) is 5.41. The van der Waals surface area contributed by atoms with E-state index in [1.165, 1.54) is 6.07 Å². The van der Waals surface area contributed by atoms with Gasteiger partial charge >= 0.3 is 0 Å². The number of hydrogen-bond acceptors (Lipinski definition) is 2. The summed E-state index contributed by atoms with van der Waals surface area (Å²) in [6, 6.07) is 7.12. The Bertz CT molecular complexity index is 340. The first kappa shape index (κ1) is 11.6. The van der Waals surface area contributed by atoms with Gasteiger partial charge in [-0.1, -0.05) is 12.1 Å². The lowest BCUT2D eigenvalue weighted by molar-refractivity contribution is 0.124. The Kier molecular flexibility index (Phi) is 3.91. The van der Waals surface area contributed by atoms with Crippen LogP contribution < -0.4 is 5.32 Å². The van der Waals surface area contributed by atoms with Crippen LogP contribution >= 0.6 is 0 Å². The van der Waals surface area contributed by atoms with Gasteiger partial charge in [0.25, 0.3) is 0 Å². The molecule has 0 amide bonds. The minimum atomic E-state index is -0.159. The van der Waals surface area contributed by atoms with Gasteiger partial charge in [-0.3, -0.25) is 0 Å². The van der Waals surface area contributed by atoms with Crippen molar-refractivity contribution < 1.29 is 9.13 Å². The summed E-state index contributed by atoms with van der Waals surface area (Å²) < 4.78 is 18.3. The Morgan fingerprint density at radius 3 is 3.12 bits per heavy atom. The first-order valence-corrected chi connectivity index (χ1v) is 5.77. The highest BCUT2D eigenvalue weighted by molar-refractivity contribution is 5.20. The van der Waals surface area contributed by atoms with E-state index in [1.807, 2.05) is 6.07 Å². The van der Waals surface area contributed by atoms with E-state index in [0.29, 0.717) is 5.92 Å². The van der Waals surface area contributed by atoms with E-state index in [1.54, 1.807) is 19.2 Å². The molecule has 16 heavy (non-hydrogen) atoms. The largest absolute Gasteiger partial charge is 0.384 e. The van der Waals surface area contributed by atoms with E-state index in [-0.39, 0.29) is 11.9 Å². The molecule has 1 aliphatic rings. The quantitative estimate of drug-likeness (QED) is 0.850. The van der Waals surface area contributed by atoms with Crippen LogP contribution in [0.1, 0.15) is 24.4 Å². The van der Waals surface area contributed by atoms with Gasteiger partial charge in [0.2, 0.25) is 0 Å². The van der Waals surface area contributed by atoms with Crippen LogP contribution in [0.15, 0.2) is 24.3 Å². The third-order valence-corrected chi connectivity index (χ3v) is 3.17. The molecule has 1 N–H and O–H groups in total. The maximum Gasteiger partial charge on any atom is 0.123 e. The molecule has 0 aliphatic carbocycles. The minimum absolute atomic E-state index is 0.159. The fourth-order valence-corrected chi connectivity index (χ4v) is 2.36. The molecule has 1 heterocycles. The Balaban J connectivity index is 2.03. The van der Waals surface area contributed by atoms with Gasteiger partial charge in [0, 0.05) is 19.8 Å². The predicted octanol–water partition coefficient (Wildman–Crippen LogP) is 2.51. The van der Waals surface area contributed by atoms with Crippen LogP contribution in [-0.4, -0.2) is 20.3 Å². The molecule has 88 valence electrons. The SMILES string of the molecule is COCC1CCNC(c2cccc(F)c2)C1. The van der Waals surface area contributed by atoms with E-state index in [0.717, 1.165) is 31.6 Å². The molecule has 0 saturated carbocycles. The molecular weight excluding hydrogens is 205 g/mol. The van der Waals surface area contributed by atoms with Crippen molar-refractivity contribution in [2.45, 2.75) is 18.9 Å². The van der Waals surface area contributed by atoms with Gasteiger partial charge in [-0.15, -0.1) is 0 Å². The lowest BCUT2D eigenvalue weighted by Gasteiger charge is -2.30. The van der Waals surface area contributed by atoms with Crippen molar-refractivity contribution in [3.63, 3.8) is 0 Å². The van der Waals surface area contributed by atoms with Crippen molar-refractivity contribution in [1.29, 1.82) is 0 Å². The number of nitrogens with one attached hydrogen (secondary N) is 1. The van der Waals surface area contributed by atoms with E-state index in [2.05, 4.69) is 5.32 Å². The summed E-state index contributed by atoms with van der Waals surface area (Å²) in [6.45, 7) is 1.78. The fraction of sp³-hybridized carbons (Fsp3) is 0.538. The number of piperidine rings is 1. The van der Waals surface area contributed by atoms with Crippen molar-refractivity contribution in [2.75, 3.05) is 20.3 Å². The van der Waals surface area contributed by atoms with Crippen molar-refractivity contribution >= 4 is 0 Å². The Hall–Kier alpha value is -0.930. The van der Waals surface area contributed by atoms with Crippen LogP contribution in [-0.2, 0) is 4.74 Å². The van der Waals surface area contributed by atoms with E-state index < -0.39 is 0 Å². The Labute approximate surface area is 95.8 Å². The first-order chi connectivity index (χ1) is 7.79. The summed E-state index contributed by atoms with van der Waals surface area (Å²) >= 11 is 0. The highest BCUT2D eigenvalue weighted by Gasteiger charge is 2.22. The highest BCUT2D eigenvalue weighted by Crippen LogP contribution is 2.27. The second-order valence-corrected chi connectivity index (χ2v) is 4.41. The van der Waals surface area contributed by atoms with E-state index >= 15 is 0 Å². The number of benzene rings is 1. The molecule has 2 nitrogen and oxygen atoms in total. The molecule has 1 fully saturated rings. The molecular formula is C13H18FNO. The van der Waals surface area contributed by atoms with Crippen molar-refractivity contribution in [1.82, 2.24) is 5.32 Å². The number of methoxy groups -OCH3 is 1. The number of hydrogen-bond donors (Lipinski definition) is 1. The van der Waals surface area contributed by atoms with Crippen molar-refractivity contribution in [2.24, 2.45) is 5.92 Å². The summed E-state index contributed by atoms with van der Waals surface area (Å²) in [7, 11) is 1.74. The van der Waals surface area contributed by atoms with Crippen LogP contribution in [0.25, 0.3) is 0 Å². The molecule has 0 bridgehead atoms. The molecule has 1 aliphatic heterocycles. The summed E-state index contributed by atoms with van der Waals surface area (Å²) in [5.41, 5.74) is 1.04. The van der Waals surface area contributed by atoms with Crippen LogP contribution in [0, 0.1) is 11.7 Å². The second-order valence-electron chi connectivity index (χ2n) is 4.41. The van der Waals surface area contributed by atoms with Crippen molar-refractivity contribution in [3.05, 3.63) is 35.6 Å². The minimum Gasteiger partial charge on any atom is -0.384 e. The highest BCUT2D eigenvalue weighted by atomic mass is 19.1. The maximum absolute atomic E-state index is 13.1. The van der Waals surface area contributed by atoms with Crippen LogP contribution in [0.5, 0.6) is 0 Å². The van der Waals surface area contributed by atoms with Crippen LogP contribution in [0.3, 0.4) is 0 Å². The average molecular weight is 223 g/mol. The van der Waals surface area contributed by atoms with E-state index in [4.69, 9.17) is 4.74 Å². The van der Waals surface area contributed by atoms with Gasteiger partial charge in [-0.05, 0) is 43.0 Å². The lowest BCUT2D eigenvalue weighted by Crippen LogP contribution is -2.33. The summed E-state index contributed by atoms with van der Waals surface area (Å²) in [5.74, 6) is 0.424. The summed E-state index contributed by atoms with van der Waals surface area (Å²) in [6.07, 6.45) is 2.16. The number of ether oxygens (including phenoxy) is 1. The third-order valence-electron chi connectivity index (χ3n) is 3.17. The van der Waals surface area contributed by atoms with Crippen LogP contribution in [0.2, 0.25) is 0 Å². The zero-order valence-corrected chi connectivity index (χ0v) is 9.58. The normalized spacial score (nSPS) is 25.6. The first-order valence-electron chi connectivity index (χ1n) is 5.77. The van der Waals surface area contributed by atoms with Gasteiger partial charge in [-0.25, -0.2) is 4.39 Å². The Morgan fingerprint density at radius 2 is 2.38 bits per heavy atom. The Morgan fingerprint density at radius 1 is 1.50 bits per heavy atom. The van der Waals surface area contributed by atoms with Crippen LogP contribution in [0.4, 0.5) is 4.39 Å². The average Bonchev–Trinajstić information content (AvgIpc) is 2.30. The van der Waals surface area contributed by atoms with Gasteiger partial charge < -0.3 is 10.1 Å². The molecule has 0 spiro atoms.